The summed E-state index contributed by atoms with van der Waals surface area (Å²) in [4.78, 5) is 4.13. The molecule has 7 heteroatoms. The summed E-state index contributed by atoms with van der Waals surface area (Å²) in [5.41, 5.74) is 0. The van der Waals surface area contributed by atoms with Crippen LogP contribution in [0, 0.1) is 0 Å². The molecule has 1 aliphatic rings. The minimum Gasteiger partial charge on any atom is -0.316 e. The van der Waals surface area contributed by atoms with Crippen molar-refractivity contribution in [1.29, 1.82) is 0 Å². The maximum Gasteiger partial charge on any atom is 0.244 e. The molecule has 2 rings (SSSR count). The third-order valence-electron chi connectivity index (χ3n) is 2.88. The van der Waals surface area contributed by atoms with Crippen molar-refractivity contribution in [3.05, 3.63) is 22.9 Å². The molecule has 0 saturated carbocycles. The Morgan fingerprint density at radius 3 is 2.88 bits per heavy atom. The van der Waals surface area contributed by atoms with Gasteiger partial charge in [0, 0.05) is 36.0 Å². The summed E-state index contributed by atoms with van der Waals surface area (Å²) >= 11 is 3.23. The summed E-state index contributed by atoms with van der Waals surface area (Å²) in [7, 11) is -1.55. The molecular formula is C10H14BrN3O2S. The highest BCUT2D eigenvalue weighted by Crippen LogP contribution is 2.22. The Morgan fingerprint density at radius 2 is 2.29 bits per heavy atom. The summed E-state index contributed by atoms with van der Waals surface area (Å²) < 4.78 is 26.7. The number of halogens is 1. The maximum absolute atomic E-state index is 12.3. The van der Waals surface area contributed by atoms with E-state index in [4.69, 9.17) is 0 Å². The Labute approximate surface area is 109 Å². The molecule has 5 nitrogen and oxygen atoms in total. The number of pyridine rings is 1. The molecule has 1 aromatic heterocycles. The number of likely N-dealkylation sites (N-methyl/N-ethyl adjacent to an activating group) is 1. The number of rotatable bonds is 3. The molecule has 0 bridgehead atoms. The van der Waals surface area contributed by atoms with E-state index in [1.54, 1.807) is 12.3 Å². The van der Waals surface area contributed by atoms with Crippen LogP contribution in [0.2, 0.25) is 0 Å². The fourth-order valence-corrected chi connectivity index (χ4v) is 3.87. The van der Waals surface area contributed by atoms with E-state index >= 15 is 0 Å². The molecule has 94 valence electrons. The van der Waals surface area contributed by atoms with E-state index in [2.05, 4.69) is 26.2 Å². The first-order valence-corrected chi connectivity index (χ1v) is 7.55. The van der Waals surface area contributed by atoms with Crippen LogP contribution in [0.25, 0.3) is 0 Å². The lowest BCUT2D eigenvalue weighted by Gasteiger charge is -2.16. The lowest BCUT2D eigenvalue weighted by Crippen LogP contribution is -2.33. The third-order valence-corrected chi connectivity index (χ3v) is 5.14. The number of sulfonamides is 1. The standard InChI is InChI=1S/C10H14BrN3O2S/c1-12-9-2-3-14(7-9)17(15,16)10-4-8(11)5-13-6-10/h4-6,9,12H,2-3,7H2,1H3/t9-/m1/s1. The fourth-order valence-electron chi connectivity index (χ4n) is 1.86. The molecule has 1 saturated heterocycles. The van der Waals surface area contributed by atoms with Crippen LogP contribution < -0.4 is 5.32 Å². The second-order valence-corrected chi connectivity index (χ2v) is 6.83. The zero-order valence-electron chi connectivity index (χ0n) is 9.43. The highest BCUT2D eigenvalue weighted by atomic mass is 79.9. The summed E-state index contributed by atoms with van der Waals surface area (Å²) in [6.07, 6.45) is 3.80. The number of aromatic nitrogens is 1. The summed E-state index contributed by atoms with van der Waals surface area (Å²) in [6, 6.07) is 1.82. The zero-order chi connectivity index (χ0) is 12.5. The highest BCUT2D eigenvalue weighted by molar-refractivity contribution is 9.10. The normalized spacial score (nSPS) is 21.9. The van der Waals surface area contributed by atoms with Crippen molar-refractivity contribution in [2.45, 2.75) is 17.4 Å². The Bertz CT molecular complexity index is 506. The summed E-state index contributed by atoms with van der Waals surface area (Å²) in [6.45, 7) is 1.08. The molecule has 1 aliphatic heterocycles. The number of hydrogen-bond acceptors (Lipinski definition) is 4. The quantitative estimate of drug-likeness (QED) is 0.896. The predicted octanol–water partition coefficient (Wildman–Crippen LogP) is 0.827. The van der Waals surface area contributed by atoms with E-state index in [0.29, 0.717) is 17.6 Å². The van der Waals surface area contributed by atoms with E-state index < -0.39 is 10.0 Å². The number of nitrogens with one attached hydrogen (secondary N) is 1. The van der Waals surface area contributed by atoms with E-state index in [9.17, 15) is 8.42 Å². The van der Waals surface area contributed by atoms with Gasteiger partial charge in [-0.15, -0.1) is 0 Å². The lowest BCUT2D eigenvalue weighted by atomic mass is 10.3. The Hall–Kier alpha value is -0.500. The average Bonchev–Trinajstić information content (AvgIpc) is 2.78. The summed E-state index contributed by atoms with van der Waals surface area (Å²) in [5.74, 6) is 0. The van der Waals surface area contributed by atoms with E-state index in [-0.39, 0.29) is 10.9 Å². The van der Waals surface area contributed by atoms with Gasteiger partial charge in [-0.05, 0) is 35.5 Å². The lowest BCUT2D eigenvalue weighted by molar-refractivity contribution is 0.464. The van der Waals surface area contributed by atoms with Crippen molar-refractivity contribution < 1.29 is 8.42 Å². The van der Waals surface area contributed by atoms with Gasteiger partial charge in [-0.2, -0.15) is 4.31 Å². The molecule has 0 spiro atoms. The molecule has 0 amide bonds. The van der Waals surface area contributed by atoms with Crippen LogP contribution in [0.5, 0.6) is 0 Å². The topological polar surface area (TPSA) is 62.3 Å². The van der Waals surface area contributed by atoms with Gasteiger partial charge in [0.15, 0.2) is 0 Å². The van der Waals surface area contributed by atoms with Gasteiger partial charge in [0.25, 0.3) is 0 Å². The van der Waals surface area contributed by atoms with Gasteiger partial charge >= 0.3 is 0 Å². The molecule has 0 unspecified atom stereocenters. The van der Waals surface area contributed by atoms with Gasteiger partial charge in [0.1, 0.15) is 4.90 Å². The third kappa shape index (κ3) is 2.67. The zero-order valence-corrected chi connectivity index (χ0v) is 11.8. The molecule has 1 N–H and O–H groups in total. The van der Waals surface area contributed by atoms with Gasteiger partial charge in [-0.1, -0.05) is 0 Å². The second-order valence-electron chi connectivity index (χ2n) is 3.98. The average molecular weight is 320 g/mol. The maximum atomic E-state index is 12.3. The van der Waals surface area contributed by atoms with Crippen LogP contribution >= 0.6 is 15.9 Å². The Morgan fingerprint density at radius 1 is 1.53 bits per heavy atom. The number of nitrogens with zero attached hydrogens (tertiary/aromatic N) is 2. The first kappa shape index (κ1) is 12.9. The van der Waals surface area contributed by atoms with Gasteiger partial charge in [0.05, 0.1) is 0 Å². The molecule has 0 aliphatic carbocycles. The van der Waals surface area contributed by atoms with Gasteiger partial charge in [0.2, 0.25) is 10.0 Å². The summed E-state index contributed by atoms with van der Waals surface area (Å²) in [5, 5.41) is 3.10. The minimum atomic E-state index is -3.40. The Balaban J connectivity index is 2.25. The predicted molar refractivity (Wildman–Crippen MR) is 68.2 cm³/mol. The van der Waals surface area contributed by atoms with Crippen LogP contribution in [-0.2, 0) is 10.0 Å². The monoisotopic (exact) mass is 319 g/mol. The van der Waals surface area contributed by atoms with E-state index in [1.807, 2.05) is 7.05 Å². The largest absolute Gasteiger partial charge is 0.316 e. The number of hydrogen-bond donors (Lipinski definition) is 1. The molecule has 0 aromatic carbocycles. The Kier molecular flexibility index (Phi) is 3.82. The van der Waals surface area contributed by atoms with Gasteiger partial charge in [-0.25, -0.2) is 8.42 Å². The van der Waals surface area contributed by atoms with Gasteiger partial charge < -0.3 is 5.32 Å². The van der Waals surface area contributed by atoms with Crippen molar-refractivity contribution in [3.63, 3.8) is 0 Å². The molecule has 0 radical (unpaired) electrons. The van der Waals surface area contributed by atoms with Crippen LogP contribution in [0.4, 0.5) is 0 Å². The molecule has 17 heavy (non-hydrogen) atoms. The van der Waals surface area contributed by atoms with Crippen molar-refractivity contribution in [2.75, 3.05) is 20.1 Å². The fraction of sp³-hybridized carbons (Fsp3) is 0.500. The molecule has 1 aromatic rings. The van der Waals surface area contributed by atoms with Crippen molar-refractivity contribution in [1.82, 2.24) is 14.6 Å². The van der Waals surface area contributed by atoms with Gasteiger partial charge in [-0.3, -0.25) is 4.98 Å². The molecule has 1 fully saturated rings. The molecule has 1 atom stereocenters. The highest BCUT2D eigenvalue weighted by Gasteiger charge is 2.32. The smallest absolute Gasteiger partial charge is 0.244 e. The van der Waals surface area contributed by atoms with E-state index in [0.717, 1.165) is 6.42 Å². The van der Waals surface area contributed by atoms with Crippen molar-refractivity contribution in [3.8, 4) is 0 Å². The van der Waals surface area contributed by atoms with Crippen LogP contribution in [0.15, 0.2) is 27.8 Å². The van der Waals surface area contributed by atoms with Crippen molar-refractivity contribution >= 4 is 26.0 Å². The van der Waals surface area contributed by atoms with E-state index in [1.165, 1.54) is 10.5 Å². The van der Waals surface area contributed by atoms with Crippen LogP contribution in [-0.4, -0.2) is 43.9 Å². The SMILES string of the molecule is CN[C@@H]1CCN(S(=O)(=O)c2cncc(Br)c2)C1. The van der Waals surface area contributed by atoms with Crippen molar-refractivity contribution in [2.24, 2.45) is 0 Å². The minimum absolute atomic E-state index is 0.239. The molecule has 2 heterocycles. The first-order valence-electron chi connectivity index (χ1n) is 5.32. The van der Waals surface area contributed by atoms with Crippen LogP contribution in [0.1, 0.15) is 6.42 Å². The van der Waals surface area contributed by atoms with Crippen LogP contribution in [0.3, 0.4) is 0 Å². The molecular weight excluding hydrogens is 306 g/mol. The second kappa shape index (κ2) is 5.01. The first-order chi connectivity index (χ1) is 8.04.